The lowest BCUT2D eigenvalue weighted by molar-refractivity contribution is -0.668. The van der Waals surface area contributed by atoms with Gasteiger partial charge in [0.25, 0.3) is 25.2 Å². The molecular formula is C26H31N2O7S4+. The minimum Gasteiger partial charge on any atom is -0.497 e. The molecule has 2 aromatic carbocycles. The molecule has 0 fully saturated rings. The second-order valence-electron chi connectivity index (χ2n) is 8.98. The van der Waals surface area contributed by atoms with Crippen molar-refractivity contribution in [1.29, 1.82) is 0 Å². The van der Waals surface area contributed by atoms with Gasteiger partial charge in [0, 0.05) is 36.1 Å². The van der Waals surface area contributed by atoms with E-state index < -0.39 is 20.2 Å². The average Bonchev–Trinajstić information content (AvgIpc) is 3.39. The number of methoxy groups -OCH3 is 1. The molecule has 0 atom stereocenters. The van der Waals surface area contributed by atoms with Crippen molar-refractivity contribution in [1.82, 2.24) is 0 Å². The second-order valence-corrected chi connectivity index (χ2v) is 14.3. The number of hydrogen-bond donors (Lipinski definition) is 2. The molecule has 39 heavy (non-hydrogen) atoms. The van der Waals surface area contributed by atoms with Crippen LogP contribution >= 0.6 is 23.1 Å². The zero-order chi connectivity index (χ0) is 28.2. The zero-order valence-corrected chi connectivity index (χ0v) is 24.9. The van der Waals surface area contributed by atoms with Gasteiger partial charge < -0.3 is 9.64 Å². The van der Waals surface area contributed by atoms with Crippen molar-refractivity contribution in [2.24, 2.45) is 0 Å². The number of allylic oxidation sites excluding steroid dienone is 2. The third kappa shape index (κ3) is 7.83. The number of thiazole rings is 1. The molecular weight excluding hydrogens is 581 g/mol. The third-order valence-electron chi connectivity index (χ3n) is 6.17. The molecule has 0 unspecified atom stereocenters. The maximum absolute atomic E-state index is 11.3. The van der Waals surface area contributed by atoms with Gasteiger partial charge in [-0.2, -0.15) is 21.4 Å². The SMILES string of the molecule is CCC(=Cc1sc2ccccc2[n+]1CCCS(=O)(=O)O)C=C1Sc2ccc(OC)cc2N1CCCS(=O)(=O)O. The molecule has 2 heterocycles. The summed E-state index contributed by atoms with van der Waals surface area (Å²) in [5.74, 6) is 0.0510. The van der Waals surface area contributed by atoms with Gasteiger partial charge in [-0.3, -0.25) is 9.11 Å². The summed E-state index contributed by atoms with van der Waals surface area (Å²) < 4.78 is 72.2. The average molecular weight is 612 g/mol. The summed E-state index contributed by atoms with van der Waals surface area (Å²) in [6, 6.07) is 13.7. The van der Waals surface area contributed by atoms with Crippen molar-refractivity contribution in [3.05, 3.63) is 64.2 Å². The summed E-state index contributed by atoms with van der Waals surface area (Å²) in [6.45, 7) is 2.89. The van der Waals surface area contributed by atoms with Gasteiger partial charge in [-0.05, 0) is 42.7 Å². The molecule has 0 saturated carbocycles. The lowest BCUT2D eigenvalue weighted by Crippen LogP contribution is -2.36. The van der Waals surface area contributed by atoms with Crippen LogP contribution in [0.15, 0.2) is 64.0 Å². The minimum absolute atomic E-state index is 0.253. The molecule has 13 heteroatoms. The Kier molecular flexibility index (Phi) is 9.40. The Morgan fingerprint density at radius 3 is 2.46 bits per heavy atom. The first-order valence-electron chi connectivity index (χ1n) is 12.3. The number of nitrogens with zero attached hydrogens (tertiary/aromatic N) is 2. The first kappa shape index (κ1) is 29.6. The van der Waals surface area contributed by atoms with Gasteiger partial charge in [0.2, 0.25) is 5.52 Å². The van der Waals surface area contributed by atoms with E-state index in [9.17, 15) is 25.9 Å². The van der Waals surface area contributed by atoms with E-state index in [1.807, 2.05) is 47.4 Å². The third-order valence-corrected chi connectivity index (χ3v) is 10.0. The predicted octanol–water partition coefficient (Wildman–Crippen LogP) is 5.00. The summed E-state index contributed by atoms with van der Waals surface area (Å²) in [4.78, 5) is 3.06. The van der Waals surface area contributed by atoms with Gasteiger partial charge in [-0.25, -0.2) is 0 Å². The molecule has 210 valence electrons. The summed E-state index contributed by atoms with van der Waals surface area (Å²) in [5, 5.41) is 1.89. The van der Waals surface area contributed by atoms with Crippen LogP contribution in [0, 0.1) is 0 Å². The van der Waals surface area contributed by atoms with E-state index in [-0.39, 0.29) is 24.3 Å². The molecule has 1 aliphatic heterocycles. The number of fused-ring (bicyclic) bond motifs is 2. The van der Waals surface area contributed by atoms with E-state index >= 15 is 0 Å². The van der Waals surface area contributed by atoms with E-state index in [2.05, 4.69) is 23.6 Å². The molecule has 9 nitrogen and oxygen atoms in total. The van der Waals surface area contributed by atoms with Gasteiger partial charge >= 0.3 is 0 Å². The largest absolute Gasteiger partial charge is 0.497 e. The normalized spacial score (nSPS) is 15.3. The van der Waals surface area contributed by atoms with Crippen LogP contribution in [-0.4, -0.2) is 51.1 Å². The van der Waals surface area contributed by atoms with Gasteiger partial charge in [0.05, 0.1) is 29.3 Å². The molecule has 0 radical (unpaired) electrons. The van der Waals surface area contributed by atoms with E-state index in [1.165, 1.54) is 0 Å². The molecule has 0 aliphatic carbocycles. The van der Waals surface area contributed by atoms with Crippen LogP contribution < -0.4 is 14.2 Å². The van der Waals surface area contributed by atoms with Crippen molar-refractivity contribution in [3.63, 3.8) is 0 Å². The maximum Gasteiger partial charge on any atom is 0.265 e. The number of hydrogen-bond acceptors (Lipinski definition) is 8. The molecule has 0 saturated heterocycles. The van der Waals surface area contributed by atoms with E-state index in [0.717, 1.165) is 42.8 Å². The Balaban J connectivity index is 1.69. The topological polar surface area (TPSA) is 125 Å². The van der Waals surface area contributed by atoms with E-state index in [1.54, 1.807) is 30.2 Å². The Hall–Kier alpha value is -2.42. The molecule has 2 N–H and O–H groups in total. The molecule has 0 amide bonds. The predicted molar refractivity (Wildman–Crippen MR) is 157 cm³/mol. The monoisotopic (exact) mass is 611 g/mol. The van der Waals surface area contributed by atoms with Crippen LogP contribution in [0.1, 0.15) is 31.2 Å². The number of aryl methyl sites for hydroxylation is 1. The molecule has 1 aliphatic rings. The summed E-state index contributed by atoms with van der Waals surface area (Å²) in [5.41, 5.74) is 2.94. The molecule has 0 bridgehead atoms. The Labute approximate surface area is 237 Å². The standard InChI is InChI=1S/C26H30N2O7S4/c1-3-19(16-25-27(12-6-14-38(29,30)31)21-8-4-5-9-23(21)36-25)17-26-28(13-7-15-39(32,33)34)22-18-20(35-2)10-11-24(22)37-26/h4-5,8-11,16-18H,3,6-7,12-15H2,1-2H3,(H-,29,30,31,32,33,34)/p+1. The number of ether oxygens (including phenoxy) is 1. The number of benzene rings is 2. The van der Waals surface area contributed by atoms with Gasteiger partial charge in [-0.15, -0.1) is 0 Å². The summed E-state index contributed by atoms with van der Waals surface area (Å²) in [7, 11) is -6.52. The van der Waals surface area contributed by atoms with Crippen molar-refractivity contribution >= 4 is 65.3 Å². The minimum atomic E-state index is -4.07. The van der Waals surface area contributed by atoms with Crippen molar-refractivity contribution in [2.45, 2.75) is 37.6 Å². The van der Waals surface area contributed by atoms with Crippen LogP contribution in [0.5, 0.6) is 5.75 Å². The van der Waals surface area contributed by atoms with E-state index in [4.69, 9.17) is 4.74 Å². The first-order chi connectivity index (χ1) is 18.5. The smallest absolute Gasteiger partial charge is 0.265 e. The van der Waals surface area contributed by atoms with Crippen LogP contribution in [0.4, 0.5) is 5.69 Å². The summed E-state index contributed by atoms with van der Waals surface area (Å²) in [6.07, 6.45) is 5.43. The fourth-order valence-corrected chi connectivity index (χ4v) is 7.61. The Morgan fingerprint density at radius 2 is 1.77 bits per heavy atom. The van der Waals surface area contributed by atoms with Crippen LogP contribution in [0.3, 0.4) is 0 Å². The fourth-order valence-electron chi connectivity index (χ4n) is 4.31. The first-order valence-corrected chi connectivity index (χ1v) is 17.2. The van der Waals surface area contributed by atoms with Gasteiger partial charge in [0.1, 0.15) is 10.4 Å². The number of rotatable bonds is 12. The Bertz CT molecular complexity index is 1630. The molecule has 4 rings (SSSR count). The van der Waals surface area contributed by atoms with Gasteiger partial charge in [0.15, 0.2) is 6.54 Å². The van der Waals surface area contributed by atoms with Crippen molar-refractivity contribution in [2.75, 3.05) is 30.1 Å². The fraction of sp³-hybridized carbons (Fsp3) is 0.346. The highest BCUT2D eigenvalue weighted by Gasteiger charge is 2.27. The van der Waals surface area contributed by atoms with Crippen LogP contribution in [-0.2, 0) is 26.8 Å². The number of thioether (sulfide) groups is 1. The molecule has 0 spiro atoms. The lowest BCUT2D eigenvalue weighted by atomic mass is 10.2. The number of para-hydroxylation sites is 1. The quantitative estimate of drug-likeness (QED) is 0.215. The van der Waals surface area contributed by atoms with Gasteiger partial charge in [-0.1, -0.05) is 42.2 Å². The molecule has 3 aromatic rings. The van der Waals surface area contributed by atoms with Crippen molar-refractivity contribution < 1.29 is 35.2 Å². The van der Waals surface area contributed by atoms with Crippen LogP contribution in [0.25, 0.3) is 16.3 Å². The highest BCUT2D eigenvalue weighted by atomic mass is 32.2. The maximum atomic E-state index is 11.3. The molecule has 1 aromatic heterocycles. The summed E-state index contributed by atoms with van der Waals surface area (Å²) >= 11 is 3.19. The second kappa shape index (κ2) is 12.4. The highest BCUT2D eigenvalue weighted by Crippen LogP contribution is 2.48. The number of anilines is 1. The van der Waals surface area contributed by atoms with Crippen molar-refractivity contribution in [3.8, 4) is 5.75 Å². The van der Waals surface area contributed by atoms with E-state index in [0.29, 0.717) is 18.8 Å². The number of aromatic nitrogens is 1. The lowest BCUT2D eigenvalue weighted by Gasteiger charge is -2.21. The Morgan fingerprint density at radius 1 is 1.05 bits per heavy atom. The zero-order valence-electron chi connectivity index (χ0n) is 21.6. The highest BCUT2D eigenvalue weighted by molar-refractivity contribution is 8.03. The van der Waals surface area contributed by atoms with Crippen LogP contribution in [0.2, 0.25) is 0 Å².